The van der Waals surface area contributed by atoms with Crippen molar-refractivity contribution in [2.24, 2.45) is 0 Å². The minimum absolute atomic E-state index is 0.142. The maximum atomic E-state index is 11.9. The van der Waals surface area contributed by atoms with Gasteiger partial charge in [-0.3, -0.25) is 9.59 Å². The van der Waals surface area contributed by atoms with Crippen molar-refractivity contribution in [2.75, 3.05) is 13.2 Å². The molecule has 0 aromatic carbocycles. The van der Waals surface area contributed by atoms with Crippen LogP contribution in [0.1, 0.15) is 155 Å². The maximum Gasteiger partial charge on any atom is 0.305 e. The second-order valence-electron chi connectivity index (χ2n) is 11.8. The molecular formula is C38H66O6. The van der Waals surface area contributed by atoms with Gasteiger partial charge in [-0.2, -0.15) is 0 Å². The highest BCUT2D eigenvalue weighted by Crippen LogP contribution is 2.13. The van der Waals surface area contributed by atoms with E-state index in [0.717, 1.165) is 64.2 Å². The van der Waals surface area contributed by atoms with Crippen LogP contribution in [0.25, 0.3) is 0 Å². The third kappa shape index (κ3) is 32.7. The number of hydrogen-bond donors (Lipinski definition) is 2. The van der Waals surface area contributed by atoms with Gasteiger partial charge >= 0.3 is 11.9 Å². The van der Waals surface area contributed by atoms with E-state index in [1.807, 2.05) is 12.2 Å². The predicted molar refractivity (Wildman–Crippen MR) is 183 cm³/mol. The molecule has 0 heterocycles. The summed E-state index contributed by atoms with van der Waals surface area (Å²) in [6.45, 7) is 4.08. The molecule has 0 saturated heterocycles. The Balaban J connectivity index is 3.60. The first kappa shape index (κ1) is 41.8. The molecule has 0 aliphatic rings. The number of rotatable bonds is 31. The van der Waals surface area contributed by atoms with Gasteiger partial charge in [0.05, 0.1) is 6.10 Å². The van der Waals surface area contributed by atoms with E-state index in [1.165, 1.54) is 57.8 Å². The van der Waals surface area contributed by atoms with Gasteiger partial charge < -0.3 is 19.7 Å². The van der Waals surface area contributed by atoms with Gasteiger partial charge in [-0.15, -0.1) is 0 Å². The number of esters is 2. The Morgan fingerprint density at radius 2 is 0.977 bits per heavy atom. The molecule has 6 nitrogen and oxygen atoms in total. The zero-order valence-corrected chi connectivity index (χ0v) is 28.3. The van der Waals surface area contributed by atoms with Crippen LogP contribution in [0, 0.1) is 0 Å². The smallest absolute Gasteiger partial charge is 0.305 e. The topological polar surface area (TPSA) is 93.1 Å². The van der Waals surface area contributed by atoms with Crippen LogP contribution < -0.4 is 0 Å². The molecule has 0 aliphatic carbocycles. The molecule has 2 atom stereocenters. The summed E-state index contributed by atoms with van der Waals surface area (Å²) in [6, 6.07) is 0. The fourth-order valence-corrected chi connectivity index (χ4v) is 4.63. The van der Waals surface area contributed by atoms with Gasteiger partial charge in [0.15, 0.2) is 0 Å². The fraction of sp³-hybridized carbons (Fsp3) is 0.737. The van der Waals surface area contributed by atoms with E-state index in [2.05, 4.69) is 50.3 Å². The number of unbranched alkanes of at least 4 members (excludes halogenated alkanes) is 13. The van der Waals surface area contributed by atoms with E-state index in [4.69, 9.17) is 9.47 Å². The van der Waals surface area contributed by atoms with Crippen molar-refractivity contribution >= 4 is 11.9 Å². The Labute approximate surface area is 270 Å². The van der Waals surface area contributed by atoms with Crippen molar-refractivity contribution < 1.29 is 29.3 Å². The number of aliphatic hydroxyl groups excluding tert-OH is 2. The molecule has 0 spiro atoms. The lowest BCUT2D eigenvalue weighted by Crippen LogP contribution is -2.25. The zero-order valence-electron chi connectivity index (χ0n) is 28.3. The van der Waals surface area contributed by atoms with Crippen LogP contribution in [0.2, 0.25) is 0 Å². The van der Waals surface area contributed by atoms with Crippen LogP contribution in [0.15, 0.2) is 48.6 Å². The van der Waals surface area contributed by atoms with Crippen molar-refractivity contribution in [3.63, 3.8) is 0 Å². The summed E-state index contributed by atoms with van der Waals surface area (Å²) in [4.78, 5) is 23.8. The Kier molecular flexibility index (Phi) is 32.0. The van der Waals surface area contributed by atoms with Crippen molar-refractivity contribution in [2.45, 2.75) is 167 Å². The van der Waals surface area contributed by atoms with E-state index in [1.54, 1.807) is 0 Å². The van der Waals surface area contributed by atoms with Crippen molar-refractivity contribution in [3.8, 4) is 0 Å². The molecule has 0 amide bonds. The lowest BCUT2D eigenvalue weighted by atomic mass is 10.0. The van der Waals surface area contributed by atoms with Crippen LogP contribution in [-0.2, 0) is 19.1 Å². The molecule has 44 heavy (non-hydrogen) atoms. The summed E-state index contributed by atoms with van der Waals surface area (Å²) in [6.07, 6.45) is 37.8. The van der Waals surface area contributed by atoms with Crippen LogP contribution in [0.5, 0.6) is 0 Å². The number of carbonyl (C=O) groups excluding carboxylic acids is 2. The molecule has 0 bridgehead atoms. The van der Waals surface area contributed by atoms with E-state index >= 15 is 0 Å². The Morgan fingerprint density at radius 1 is 0.545 bits per heavy atom. The molecule has 0 rings (SSSR count). The number of aliphatic hydroxyl groups is 2. The molecule has 0 aliphatic heterocycles. The number of allylic oxidation sites excluding steroid dienone is 7. The molecular weight excluding hydrogens is 552 g/mol. The van der Waals surface area contributed by atoms with Gasteiger partial charge in [-0.1, -0.05) is 146 Å². The Morgan fingerprint density at radius 3 is 1.50 bits per heavy atom. The molecule has 254 valence electrons. The fourth-order valence-electron chi connectivity index (χ4n) is 4.63. The second-order valence-corrected chi connectivity index (χ2v) is 11.8. The van der Waals surface area contributed by atoms with Crippen molar-refractivity contribution in [3.05, 3.63) is 48.6 Å². The molecule has 6 heteroatoms. The predicted octanol–water partition coefficient (Wildman–Crippen LogP) is 9.64. The summed E-state index contributed by atoms with van der Waals surface area (Å²) in [5.41, 5.74) is 0. The standard InChI is InChI=1S/C38H66O6/c1-3-5-7-8-9-10-11-15-18-21-24-27-31-37(41)43-33-36(40)34-44-38(42)32-28-25-22-19-16-13-12-14-17-20-23-26-30-35(39)29-6-4-2/h12-13,17,19-20,22,26,30,35-36,39-40H,3-11,14-16,18,21,23-25,27-29,31-34H2,1-2H3/b13-12-,20-17-,22-19-,30-26-/t35-,36-/m0/s1. The number of carbonyl (C=O) groups is 2. The molecule has 0 aromatic rings. The first-order valence-electron chi connectivity index (χ1n) is 17.8. The average Bonchev–Trinajstić information content (AvgIpc) is 3.02. The normalized spacial score (nSPS) is 13.5. The zero-order chi connectivity index (χ0) is 32.4. The molecule has 0 unspecified atom stereocenters. The Bertz CT molecular complexity index is 769. The quantitative estimate of drug-likeness (QED) is 0.0456. The molecule has 2 N–H and O–H groups in total. The van der Waals surface area contributed by atoms with Crippen molar-refractivity contribution in [1.82, 2.24) is 0 Å². The second kappa shape index (κ2) is 33.7. The summed E-state index contributed by atoms with van der Waals surface area (Å²) in [5, 5.41) is 19.7. The molecule has 0 aromatic heterocycles. The van der Waals surface area contributed by atoms with Crippen LogP contribution in [0.3, 0.4) is 0 Å². The first-order chi connectivity index (χ1) is 21.5. The van der Waals surface area contributed by atoms with E-state index in [0.29, 0.717) is 19.3 Å². The van der Waals surface area contributed by atoms with E-state index in [9.17, 15) is 19.8 Å². The van der Waals surface area contributed by atoms with Crippen LogP contribution in [0.4, 0.5) is 0 Å². The number of ether oxygens (including phenoxy) is 2. The lowest BCUT2D eigenvalue weighted by Gasteiger charge is -2.12. The summed E-state index contributed by atoms with van der Waals surface area (Å²) >= 11 is 0. The minimum atomic E-state index is -0.994. The summed E-state index contributed by atoms with van der Waals surface area (Å²) in [7, 11) is 0. The highest BCUT2D eigenvalue weighted by Gasteiger charge is 2.12. The van der Waals surface area contributed by atoms with Gasteiger partial charge in [0.25, 0.3) is 0 Å². The van der Waals surface area contributed by atoms with Crippen LogP contribution in [-0.4, -0.2) is 47.6 Å². The third-order valence-corrected chi connectivity index (χ3v) is 7.39. The first-order valence-corrected chi connectivity index (χ1v) is 17.8. The molecule has 0 radical (unpaired) electrons. The monoisotopic (exact) mass is 618 g/mol. The largest absolute Gasteiger partial charge is 0.463 e. The van der Waals surface area contributed by atoms with Gasteiger partial charge in [0, 0.05) is 12.8 Å². The number of hydrogen-bond acceptors (Lipinski definition) is 6. The molecule has 0 fully saturated rings. The lowest BCUT2D eigenvalue weighted by molar-refractivity contribution is -0.152. The van der Waals surface area contributed by atoms with Gasteiger partial charge in [-0.25, -0.2) is 0 Å². The van der Waals surface area contributed by atoms with Crippen LogP contribution >= 0.6 is 0 Å². The molecule has 0 saturated carbocycles. The highest BCUT2D eigenvalue weighted by molar-refractivity contribution is 5.69. The van der Waals surface area contributed by atoms with Gasteiger partial charge in [-0.05, 0) is 44.9 Å². The van der Waals surface area contributed by atoms with Gasteiger partial charge in [0.1, 0.15) is 19.3 Å². The van der Waals surface area contributed by atoms with Gasteiger partial charge in [0.2, 0.25) is 0 Å². The summed E-state index contributed by atoms with van der Waals surface area (Å²) < 4.78 is 10.2. The van der Waals surface area contributed by atoms with E-state index in [-0.39, 0.29) is 31.3 Å². The minimum Gasteiger partial charge on any atom is -0.463 e. The highest BCUT2D eigenvalue weighted by atomic mass is 16.6. The van der Waals surface area contributed by atoms with Crippen molar-refractivity contribution in [1.29, 1.82) is 0 Å². The average molecular weight is 619 g/mol. The van der Waals surface area contributed by atoms with E-state index < -0.39 is 6.10 Å². The maximum absolute atomic E-state index is 11.9. The Hall–Kier alpha value is -2.18. The summed E-state index contributed by atoms with van der Waals surface area (Å²) in [5.74, 6) is -0.653. The third-order valence-electron chi connectivity index (χ3n) is 7.39. The SMILES string of the molecule is CCCCCCCCCCCCCCC(=O)OC[C@H](O)COC(=O)CCC/C=C\C/C=C\C/C=C\C/C=C\[C@@H](O)CCCC.